The van der Waals surface area contributed by atoms with Gasteiger partial charge in [0.2, 0.25) is 0 Å². The summed E-state index contributed by atoms with van der Waals surface area (Å²) in [7, 11) is 0. The fourth-order valence-corrected chi connectivity index (χ4v) is 0.383. The van der Waals surface area contributed by atoms with E-state index < -0.39 is 0 Å². The van der Waals surface area contributed by atoms with E-state index in [1.807, 2.05) is 6.92 Å². The fourth-order valence-electron chi connectivity index (χ4n) is 0.383. The maximum atomic E-state index is 11.9. The Hall–Kier alpha value is -0.590. The number of hydrogen-bond acceptors (Lipinski definition) is 0. The van der Waals surface area contributed by atoms with Crippen LogP contribution >= 0.6 is 0 Å². The Morgan fingerprint density at radius 2 is 2.25 bits per heavy atom. The molecule has 0 aliphatic carbocycles. The van der Waals surface area contributed by atoms with Crippen LogP contribution in [0.5, 0.6) is 0 Å². The first-order chi connectivity index (χ1) is 3.66. The molecule has 0 aromatic carbocycles. The zero-order chi connectivity index (χ0) is 6.57. The van der Waals surface area contributed by atoms with Crippen LogP contribution < -0.4 is 0 Å². The van der Waals surface area contributed by atoms with Gasteiger partial charge in [0.05, 0.1) is 5.83 Å². The predicted octanol–water partition coefficient (Wildman–Crippen LogP) is 2.83. The Labute approximate surface area is 49.7 Å². The van der Waals surface area contributed by atoms with Crippen LogP contribution in [0.2, 0.25) is 0 Å². The summed E-state index contributed by atoms with van der Waals surface area (Å²) in [5, 5.41) is 0. The lowest BCUT2D eigenvalue weighted by Gasteiger charge is -1.88. The second-order valence-electron chi connectivity index (χ2n) is 1.74. The summed E-state index contributed by atoms with van der Waals surface area (Å²) in [4.78, 5) is 0. The molecular weight excluding hydrogens is 103 g/mol. The van der Waals surface area contributed by atoms with Gasteiger partial charge in [-0.3, -0.25) is 0 Å². The summed E-state index contributed by atoms with van der Waals surface area (Å²) < 4.78 is 11.9. The summed E-state index contributed by atoms with van der Waals surface area (Å²) in [6.45, 7) is 6.96. The molecule has 0 nitrogen and oxygen atoms in total. The van der Waals surface area contributed by atoms with Gasteiger partial charge in [-0.2, -0.15) is 0 Å². The number of rotatable bonds is 2. The Bertz CT molecular complexity index is 108. The van der Waals surface area contributed by atoms with Crippen molar-refractivity contribution in [3.63, 3.8) is 0 Å². The van der Waals surface area contributed by atoms with Crippen LogP contribution in [-0.4, -0.2) is 0 Å². The van der Waals surface area contributed by atoms with Crippen LogP contribution in [-0.2, 0) is 0 Å². The van der Waals surface area contributed by atoms with Gasteiger partial charge in [-0.15, -0.1) is 0 Å². The molecule has 0 unspecified atom stereocenters. The van der Waals surface area contributed by atoms with Crippen LogP contribution in [0.1, 0.15) is 20.3 Å². The third-order valence-corrected chi connectivity index (χ3v) is 0.857. The molecule has 8 heavy (non-hydrogen) atoms. The highest BCUT2D eigenvalue weighted by Gasteiger charge is 1.83. The third-order valence-electron chi connectivity index (χ3n) is 0.857. The molecular formula is C7H11F. The Morgan fingerprint density at radius 3 is 2.38 bits per heavy atom. The first-order valence-electron chi connectivity index (χ1n) is 2.68. The normalized spacial score (nSPS) is 11.6. The van der Waals surface area contributed by atoms with Crippen LogP contribution in [0, 0.1) is 0 Å². The van der Waals surface area contributed by atoms with E-state index in [0.29, 0.717) is 0 Å². The van der Waals surface area contributed by atoms with E-state index in [-0.39, 0.29) is 5.83 Å². The largest absolute Gasteiger partial charge is 0.212 e. The van der Waals surface area contributed by atoms with Crippen molar-refractivity contribution in [2.24, 2.45) is 0 Å². The second kappa shape index (κ2) is 3.42. The molecule has 0 saturated heterocycles. The van der Waals surface area contributed by atoms with Gasteiger partial charge in [-0.1, -0.05) is 19.1 Å². The number of allylic oxidation sites excluding steroid dienone is 3. The van der Waals surface area contributed by atoms with E-state index in [4.69, 9.17) is 0 Å². The van der Waals surface area contributed by atoms with Crippen LogP contribution in [0.15, 0.2) is 24.1 Å². The van der Waals surface area contributed by atoms with Crippen LogP contribution in [0.4, 0.5) is 4.39 Å². The van der Waals surface area contributed by atoms with Crippen molar-refractivity contribution in [1.82, 2.24) is 0 Å². The summed E-state index contributed by atoms with van der Waals surface area (Å²) in [5.41, 5.74) is 0.838. The molecule has 0 spiro atoms. The maximum absolute atomic E-state index is 11.9. The van der Waals surface area contributed by atoms with E-state index in [2.05, 4.69) is 6.58 Å². The lowest BCUT2D eigenvalue weighted by atomic mass is 10.2. The van der Waals surface area contributed by atoms with Crippen molar-refractivity contribution in [2.75, 3.05) is 0 Å². The lowest BCUT2D eigenvalue weighted by Crippen LogP contribution is -1.69. The minimum atomic E-state index is -0.170. The van der Waals surface area contributed by atoms with Crippen molar-refractivity contribution in [2.45, 2.75) is 20.3 Å². The lowest BCUT2D eigenvalue weighted by molar-refractivity contribution is 0.639. The van der Waals surface area contributed by atoms with Crippen LogP contribution in [0.3, 0.4) is 0 Å². The smallest absolute Gasteiger partial charge is 0.0971 e. The van der Waals surface area contributed by atoms with Gasteiger partial charge in [0.15, 0.2) is 0 Å². The molecule has 0 radical (unpaired) electrons. The fraction of sp³-hybridized carbons (Fsp3) is 0.429. The first kappa shape index (κ1) is 7.41. The van der Waals surface area contributed by atoms with Gasteiger partial charge in [-0.25, -0.2) is 4.39 Å². The Balaban J connectivity index is 3.70. The van der Waals surface area contributed by atoms with E-state index in [9.17, 15) is 4.39 Å². The molecule has 1 heteroatoms. The van der Waals surface area contributed by atoms with Crippen molar-refractivity contribution in [1.29, 1.82) is 0 Å². The van der Waals surface area contributed by atoms with Crippen molar-refractivity contribution < 1.29 is 4.39 Å². The summed E-state index contributed by atoms with van der Waals surface area (Å²) in [5.74, 6) is -0.170. The number of halogens is 1. The molecule has 0 aromatic rings. The minimum absolute atomic E-state index is 0.170. The standard InChI is InChI=1S/C7H11F/c1-4-6(2)5-7(3)8/h5H,2,4H2,1,3H3. The van der Waals surface area contributed by atoms with Crippen molar-refractivity contribution in [3.05, 3.63) is 24.1 Å². The molecule has 46 valence electrons. The highest BCUT2D eigenvalue weighted by atomic mass is 19.1. The average Bonchev–Trinajstić information content (AvgIpc) is 1.65. The minimum Gasteiger partial charge on any atom is -0.212 e. The molecule has 0 aromatic heterocycles. The highest BCUT2D eigenvalue weighted by molar-refractivity contribution is 5.15. The molecule has 0 aliphatic heterocycles. The molecule has 0 heterocycles. The van der Waals surface area contributed by atoms with Gasteiger partial charge < -0.3 is 0 Å². The Kier molecular flexibility index (Phi) is 3.16. The van der Waals surface area contributed by atoms with Gasteiger partial charge in [0.1, 0.15) is 0 Å². The van der Waals surface area contributed by atoms with Crippen molar-refractivity contribution in [3.8, 4) is 0 Å². The predicted molar refractivity (Wildman–Crippen MR) is 34.3 cm³/mol. The zero-order valence-electron chi connectivity index (χ0n) is 5.37. The van der Waals surface area contributed by atoms with E-state index in [1.165, 1.54) is 13.0 Å². The van der Waals surface area contributed by atoms with Crippen LogP contribution in [0.25, 0.3) is 0 Å². The summed E-state index contributed by atoms with van der Waals surface area (Å²) in [6.07, 6.45) is 2.27. The van der Waals surface area contributed by atoms with Crippen molar-refractivity contribution >= 4 is 0 Å². The maximum Gasteiger partial charge on any atom is 0.0971 e. The Morgan fingerprint density at radius 1 is 1.75 bits per heavy atom. The van der Waals surface area contributed by atoms with E-state index in [0.717, 1.165) is 12.0 Å². The third kappa shape index (κ3) is 3.59. The second-order valence-corrected chi connectivity index (χ2v) is 1.74. The summed E-state index contributed by atoms with van der Waals surface area (Å²) >= 11 is 0. The quantitative estimate of drug-likeness (QED) is 0.484. The zero-order valence-corrected chi connectivity index (χ0v) is 5.37. The number of hydrogen-bond donors (Lipinski definition) is 0. The van der Waals surface area contributed by atoms with E-state index >= 15 is 0 Å². The topological polar surface area (TPSA) is 0 Å². The molecule has 0 atom stereocenters. The molecule has 0 amide bonds. The van der Waals surface area contributed by atoms with Gasteiger partial charge in [-0.05, 0) is 19.4 Å². The molecule has 0 rings (SSSR count). The van der Waals surface area contributed by atoms with E-state index in [1.54, 1.807) is 0 Å². The SMILES string of the molecule is C=C(C=C(C)F)CC. The molecule has 0 fully saturated rings. The summed E-state index contributed by atoms with van der Waals surface area (Å²) in [6, 6.07) is 0. The highest BCUT2D eigenvalue weighted by Crippen LogP contribution is 2.03. The molecule has 0 N–H and O–H groups in total. The monoisotopic (exact) mass is 114 g/mol. The van der Waals surface area contributed by atoms with Gasteiger partial charge >= 0.3 is 0 Å². The molecule has 0 saturated carbocycles. The molecule has 0 aliphatic rings. The van der Waals surface area contributed by atoms with Gasteiger partial charge in [0.25, 0.3) is 0 Å². The van der Waals surface area contributed by atoms with Gasteiger partial charge in [0, 0.05) is 0 Å². The first-order valence-corrected chi connectivity index (χ1v) is 2.68. The molecule has 0 bridgehead atoms. The average molecular weight is 114 g/mol.